The van der Waals surface area contributed by atoms with Crippen molar-refractivity contribution in [1.82, 2.24) is 10.2 Å². The van der Waals surface area contributed by atoms with Gasteiger partial charge >= 0.3 is 0 Å². The van der Waals surface area contributed by atoms with Gasteiger partial charge in [-0.3, -0.25) is 4.79 Å². The third-order valence-corrected chi connectivity index (χ3v) is 4.15. The van der Waals surface area contributed by atoms with Crippen molar-refractivity contribution in [3.63, 3.8) is 0 Å². The Balaban J connectivity index is 1.79. The second-order valence-electron chi connectivity index (χ2n) is 6.18. The number of amides is 1. The van der Waals surface area contributed by atoms with Gasteiger partial charge in [0.2, 0.25) is 0 Å². The van der Waals surface area contributed by atoms with Gasteiger partial charge in [0.15, 0.2) is 11.5 Å². The van der Waals surface area contributed by atoms with Crippen LogP contribution >= 0.6 is 11.6 Å². The maximum atomic E-state index is 12.2. The summed E-state index contributed by atoms with van der Waals surface area (Å²) >= 11 is 6.01. The van der Waals surface area contributed by atoms with E-state index < -0.39 is 0 Å². The SMILES string of the molecule is CN(C)C(=O)c1ccc(OCc2cccc(Cl)c2)c(OC2CNC2)c1. The number of halogens is 1. The van der Waals surface area contributed by atoms with Crippen LogP contribution in [0.3, 0.4) is 0 Å². The summed E-state index contributed by atoms with van der Waals surface area (Å²) < 4.78 is 11.9. The molecule has 5 nitrogen and oxygen atoms in total. The number of carbonyl (C=O) groups excluding carboxylic acids is 1. The van der Waals surface area contributed by atoms with E-state index in [1.165, 1.54) is 4.90 Å². The normalized spacial score (nSPS) is 13.9. The Morgan fingerprint density at radius 3 is 2.64 bits per heavy atom. The van der Waals surface area contributed by atoms with E-state index >= 15 is 0 Å². The lowest BCUT2D eigenvalue weighted by atomic mass is 10.1. The van der Waals surface area contributed by atoms with Gasteiger partial charge in [0.25, 0.3) is 5.91 Å². The summed E-state index contributed by atoms with van der Waals surface area (Å²) in [5.41, 5.74) is 1.54. The Bertz CT molecular complexity index is 760. The van der Waals surface area contributed by atoms with E-state index in [0.29, 0.717) is 28.7 Å². The van der Waals surface area contributed by atoms with Gasteiger partial charge in [-0.05, 0) is 35.9 Å². The van der Waals surface area contributed by atoms with Gasteiger partial charge in [-0.2, -0.15) is 0 Å². The van der Waals surface area contributed by atoms with Crippen LogP contribution in [-0.4, -0.2) is 44.1 Å². The molecule has 1 amide bonds. The van der Waals surface area contributed by atoms with Gasteiger partial charge in [-0.1, -0.05) is 23.7 Å². The van der Waals surface area contributed by atoms with Crippen LogP contribution in [0.4, 0.5) is 0 Å². The molecule has 1 fully saturated rings. The number of rotatable bonds is 6. The molecule has 132 valence electrons. The minimum Gasteiger partial charge on any atom is -0.485 e. The van der Waals surface area contributed by atoms with Crippen LogP contribution in [0.1, 0.15) is 15.9 Å². The van der Waals surface area contributed by atoms with Gasteiger partial charge in [0, 0.05) is 37.8 Å². The molecule has 0 bridgehead atoms. The Morgan fingerprint density at radius 2 is 2.00 bits per heavy atom. The average Bonchev–Trinajstić information content (AvgIpc) is 2.56. The van der Waals surface area contributed by atoms with Crippen molar-refractivity contribution >= 4 is 17.5 Å². The Morgan fingerprint density at radius 1 is 1.20 bits per heavy atom. The molecule has 2 aromatic rings. The molecule has 1 N–H and O–H groups in total. The summed E-state index contributed by atoms with van der Waals surface area (Å²) in [7, 11) is 3.45. The Kier molecular flexibility index (Phi) is 5.46. The van der Waals surface area contributed by atoms with Crippen LogP contribution in [0.15, 0.2) is 42.5 Å². The highest BCUT2D eigenvalue weighted by Crippen LogP contribution is 2.31. The van der Waals surface area contributed by atoms with Gasteiger partial charge < -0.3 is 19.7 Å². The fourth-order valence-corrected chi connectivity index (χ4v) is 2.64. The summed E-state index contributed by atoms with van der Waals surface area (Å²) in [5.74, 6) is 1.13. The molecule has 0 radical (unpaired) electrons. The zero-order valence-electron chi connectivity index (χ0n) is 14.3. The lowest BCUT2D eigenvalue weighted by Crippen LogP contribution is -2.50. The molecule has 1 heterocycles. The average molecular weight is 361 g/mol. The monoisotopic (exact) mass is 360 g/mol. The molecule has 2 aromatic carbocycles. The molecular formula is C19H21ClN2O3. The Hall–Kier alpha value is -2.24. The summed E-state index contributed by atoms with van der Waals surface area (Å²) in [6.45, 7) is 1.96. The first kappa shape index (κ1) is 17.6. The van der Waals surface area contributed by atoms with Crippen molar-refractivity contribution in [2.45, 2.75) is 12.7 Å². The van der Waals surface area contributed by atoms with E-state index in [2.05, 4.69) is 5.32 Å². The number of carbonyl (C=O) groups is 1. The van der Waals surface area contributed by atoms with Crippen molar-refractivity contribution in [3.8, 4) is 11.5 Å². The molecule has 0 spiro atoms. The smallest absolute Gasteiger partial charge is 0.253 e. The van der Waals surface area contributed by atoms with E-state index in [4.69, 9.17) is 21.1 Å². The highest BCUT2D eigenvalue weighted by Gasteiger charge is 2.21. The summed E-state index contributed by atoms with van der Waals surface area (Å²) in [6, 6.07) is 12.8. The van der Waals surface area contributed by atoms with E-state index in [1.807, 2.05) is 24.3 Å². The predicted molar refractivity (Wildman–Crippen MR) is 97.5 cm³/mol. The zero-order chi connectivity index (χ0) is 17.8. The Labute approximate surface area is 152 Å². The van der Waals surface area contributed by atoms with Crippen molar-refractivity contribution in [1.29, 1.82) is 0 Å². The van der Waals surface area contributed by atoms with E-state index in [1.54, 1.807) is 32.3 Å². The summed E-state index contributed by atoms with van der Waals surface area (Å²) in [5, 5.41) is 3.84. The van der Waals surface area contributed by atoms with E-state index in [9.17, 15) is 4.79 Å². The van der Waals surface area contributed by atoms with Crippen LogP contribution in [0.25, 0.3) is 0 Å². The van der Waals surface area contributed by atoms with Crippen LogP contribution in [0.5, 0.6) is 11.5 Å². The fourth-order valence-electron chi connectivity index (χ4n) is 2.42. The molecule has 3 rings (SSSR count). The molecule has 0 aromatic heterocycles. The zero-order valence-corrected chi connectivity index (χ0v) is 15.0. The van der Waals surface area contributed by atoms with E-state index in [0.717, 1.165) is 18.7 Å². The minimum absolute atomic E-state index is 0.0713. The third kappa shape index (κ3) is 4.44. The van der Waals surface area contributed by atoms with Gasteiger partial charge in [-0.25, -0.2) is 0 Å². The molecular weight excluding hydrogens is 340 g/mol. The first-order valence-corrected chi connectivity index (χ1v) is 8.51. The molecule has 0 unspecified atom stereocenters. The second kappa shape index (κ2) is 7.76. The van der Waals surface area contributed by atoms with Crippen molar-refractivity contribution in [2.24, 2.45) is 0 Å². The first-order valence-electron chi connectivity index (χ1n) is 8.13. The molecule has 1 aliphatic rings. The molecule has 1 aliphatic heterocycles. The van der Waals surface area contributed by atoms with Crippen LogP contribution in [0, 0.1) is 0 Å². The number of nitrogens with one attached hydrogen (secondary N) is 1. The van der Waals surface area contributed by atoms with Crippen LogP contribution < -0.4 is 14.8 Å². The van der Waals surface area contributed by atoms with Gasteiger partial charge in [0.1, 0.15) is 12.7 Å². The molecule has 6 heteroatoms. The first-order chi connectivity index (χ1) is 12.0. The van der Waals surface area contributed by atoms with Gasteiger partial charge in [0.05, 0.1) is 0 Å². The number of hydrogen-bond donors (Lipinski definition) is 1. The maximum Gasteiger partial charge on any atom is 0.253 e. The highest BCUT2D eigenvalue weighted by molar-refractivity contribution is 6.30. The fraction of sp³-hybridized carbons (Fsp3) is 0.316. The second-order valence-corrected chi connectivity index (χ2v) is 6.61. The number of hydrogen-bond acceptors (Lipinski definition) is 4. The number of benzene rings is 2. The van der Waals surface area contributed by atoms with Crippen LogP contribution in [0.2, 0.25) is 5.02 Å². The number of ether oxygens (including phenoxy) is 2. The summed E-state index contributed by atoms with van der Waals surface area (Å²) in [4.78, 5) is 13.7. The standard InChI is InChI=1S/C19H21ClN2O3/c1-22(2)19(23)14-6-7-17(18(9-14)25-16-10-21-11-16)24-12-13-4-3-5-15(20)8-13/h3-9,16,21H,10-12H2,1-2H3. The molecule has 25 heavy (non-hydrogen) atoms. The van der Waals surface area contributed by atoms with Crippen molar-refractivity contribution in [3.05, 3.63) is 58.6 Å². The quantitative estimate of drug-likeness (QED) is 0.860. The van der Waals surface area contributed by atoms with E-state index in [-0.39, 0.29) is 12.0 Å². The minimum atomic E-state index is -0.0713. The topological polar surface area (TPSA) is 50.8 Å². The van der Waals surface area contributed by atoms with Crippen molar-refractivity contribution in [2.75, 3.05) is 27.2 Å². The molecule has 0 aliphatic carbocycles. The van der Waals surface area contributed by atoms with Crippen LogP contribution in [-0.2, 0) is 6.61 Å². The predicted octanol–water partition coefficient (Wildman–Crippen LogP) is 2.97. The van der Waals surface area contributed by atoms with Crippen molar-refractivity contribution < 1.29 is 14.3 Å². The molecule has 0 saturated carbocycles. The molecule has 1 saturated heterocycles. The lowest BCUT2D eigenvalue weighted by Gasteiger charge is -2.28. The number of nitrogens with zero attached hydrogens (tertiary/aromatic N) is 1. The lowest BCUT2D eigenvalue weighted by molar-refractivity contribution is 0.0825. The maximum absolute atomic E-state index is 12.2. The molecule has 0 atom stereocenters. The summed E-state index contributed by atoms with van der Waals surface area (Å²) in [6.07, 6.45) is 0.0956. The third-order valence-electron chi connectivity index (χ3n) is 3.92. The van der Waals surface area contributed by atoms with Gasteiger partial charge in [-0.15, -0.1) is 0 Å². The highest BCUT2D eigenvalue weighted by atomic mass is 35.5. The largest absolute Gasteiger partial charge is 0.485 e.